The summed E-state index contributed by atoms with van der Waals surface area (Å²) >= 11 is 0. The molecule has 0 aromatic rings. The van der Waals surface area contributed by atoms with Crippen molar-refractivity contribution < 1.29 is 47.8 Å². The van der Waals surface area contributed by atoms with Gasteiger partial charge in [-0.1, -0.05) is 25.7 Å². The largest absolute Gasteiger partial charge is 0.550 e. The minimum absolute atomic E-state index is 0.235. The first kappa shape index (κ1) is 31.8. The van der Waals surface area contributed by atoms with Crippen LogP contribution < -0.4 is 10.2 Å². The SMILES string of the molecule is C[N+](C)(C)CC(CC(=O)[O-])OC(=O)CCCCCCCCC(=O)OC(CC(=O)[O-])C[N+](C)(C)C. The van der Waals surface area contributed by atoms with E-state index in [4.69, 9.17) is 9.47 Å². The topological polar surface area (TPSA) is 133 Å². The van der Waals surface area contributed by atoms with Gasteiger partial charge < -0.3 is 38.2 Å². The molecule has 0 aliphatic carbocycles. The fraction of sp³-hybridized carbons (Fsp3) is 0.833. The maximum Gasteiger partial charge on any atom is 0.306 e. The van der Waals surface area contributed by atoms with E-state index in [2.05, 4.69) is 0 Å². The third-order valence-electron chi connectivity index (χ3n) is 4.90. The number of carbonyl (C=O) groups is 4. The summed E-state index contributed by atoms with van der Waals surface area (Å²) in [4.78, 5) is 45.9. The van der Waals surface area contributed by atoms with E-state index >= 15 is 0 Å². The molecular formula is C24H44N2O8. The third kappa shape index (κ3) is 20.4. The Morgan fingerprint density at radius 2 is 0.882 bits per heavy atom. The van der Waals surface area contributed by atoms with Crippen molar-refractivity contribution in [3.8, 4) is 0 Å². The maximum atomic E-state index is 12.0. The first-order valence-electron chi connectivity index (χ1n) is 12.0. The van der Waals surface area contributed by atoms with Crippen LogP contribution in [0.25, 0.3) is 0 Å². The number of rotatable bonds is 19. The summed E-state index contributed by atoms with van der Waals surface area (Å²) in [7, 11) is 11.4. The van der Waals surface area contributed by atoms with Crippen LogP contribution in [0.4, 0.5) is 0 Å². The van der Waals surface area contributed by atoms with Gasteiger partial charge in [-0.25, -0.2) is 0 Å². The Balaban J connectivity index is 4.05. The first-order chi connectivity index (χ1) is 15.6. The summed E-state index contributed by atoms with van der Waals surface area (Å²) in [5.74, 6) is -3.28. The molecule has 0 aliphatic rings. The Hall–Kier alpha value is -2.20. The third-order valence-corrected chi connectivity index (χ3v) is 4.90. The van der Waals surface area contributed by atoms with E-state index in [9.17, 15) is 29.4 Å². The molecule has 0 radical (unpaired) electrons. The van der Waals surface area contributed by atoms with Crippen molar-refractivity contribution in [3.05, 3.63) is 0 Å². The van der Waals surface area contributed by atoms with Gasteiger partial charge in [0, 0.05) is 37.6 Å². The summed E-state index contributed by atoms with van der Waals surface area (Å²) in [6, 6.07) is 0. The van der Waals surface area contributed by atoms with Crippen LogP contribution in [0, 0.1) is 0 Å². The summed E-state index contributed by atoms with van der Waals surface area (Å²) in [6.07, 6.45) is 3.21. The van der Waals surface area contributed by atoms with Gasteiger partial charge in [-0.15, -0.1) is 0 Å². The molecule has 0 N–H and O–H groups in total. The lowest BCUT2D eigenvalue weighted by Gasteiger charge is -2.29. The van der Waals surface area contributed by atoms with E-state index in [1.165, 1.54) is 0 Å². The van der Waals surface area contributed by atoms with Crippen LogP contribution in [0.3, 0.4) is 0 Å². The highest BCUT2D eigenvalue weighted by Crippen LogP contribution is 2.13. The number of hydrogen-bond acceptors (Lipinski definition) is 8. The highest BCUT2D eigenvalue weighted by atomic mass is 16.5. The predicted octanol–water partition coefficient (Wildman–Crippen LogP) is -0.377. The van der Waals surface area contributed by atoms with E-state index in [0.717, 1.165) is 25.7 Å². The molecule has 198 valence electrons. The van der Waals surface area contributed by atoms with E-state index in [0.29, 0.717) is 34.9 Å². The van der Waals surface area contributed by atoms with Gasteiger partial charge in [-0.05, 0) is 12.8 Å². The zero-order chi connectivity index (χ0) is 26.4. The van der Waals surface area contributed by atoms with Crippen LogP contribution in [0.2, 0.25) is 0 Å². The second-order valence-corrected chi connectivity index (χ2v) is 10.9. The fourth-order valence-corrected chi connectivity index (χ4v) is 3.62. The predicted molar refractivity (Wildman–Crippen MR) is 122 cm³/mol. The number of carbonyl (C=O) groups excluding carboxylic acids is 4. The van der Waals surface area contributed by atoms with Gasteiger partial charge in [0.25, 0.3) is 0 Å². The van der Waals surface area contributed by atoms with Crippen LogP contribution in [0.15, 0.2) is 0 Å². The average molecular weight is 489 g/mol. The molecule has 0 bridgehead atoms. The van der Waals surface area contributed by atoms with Gasteiger partial charge in [-0.2, -0.15) is 0 Å². The molecule has 10 heteroatoms. The molecule has 0 saturated heterocycles. The molecule has 0 aliphatic heterocycles. The van der Waals surface area contributed by atoms with Crippen LogP contribution in [0.1, 0.15) is 64.2 Å². The van der Waals surface area contributed by atoms with E-state index in [-0.39, 0.29) is 25.7 Å². The van der Waals surface area contributed by atoms with Gasteiger partial charge >= 0.3 is 11.9 Å². The van der Waals surface area contributed by atoms with Gasteiger partial charge in [0.05, 0.1) is 42.3 Å². The summed E-state index contributed by atoms with van der Waals surface area (Å²) in [6.45, 7) is 0.789. The minimum Gasteiger partial charge on any atom is -0.550 e. The number of hydrogen-bond donors (Lipinski definition) is 0. The number of aliphatic carboxylic acids is 2. The first-order valence-corrected chi connectivity index (χ1v) is 12.0. The van der Waals surface area contributed by atoms with Crippen LogP contribution in [-0.2, 0) is 28.7 Å². The lowest BCUT2D eigenvalue weighted by molar-refractivity contribution is -0.873. The smallest absolute Gasteiger partial charge is 0.306 e. The molecule has 0 amide bonds. The zero-order valence-electron chi connectivity index (χ0n) is 21.8. The fourth-order valence-electron chi connectivity index (χ4n) is 3.62. The maximum absolute atomic E-state index is 12.0. The highest BCUT2D eigenvalue weighted by Gasteiger charge is 2.23. The quantitative estimate of drug-likeness (QED) is 0.137. The number of likely N-dealkylation sites (N-methyl/N-ethyl adjacent to an activating group) is 2. The lowest BCUT2D eigenvalue weighted by atomic mass is 10.1. The van der Waals surface area contributed by atoms with Crippen molar-refractivity contribution in [1.29, 1.82) is 0 Å². The Kier molecular flexibility index (Phi) is 14.6. The summed E-state index contributed by atoms with van der Waals surface area (Å²) in [5.41, 5.74) is 0. The van der Waals surface area contributed by atoms with Gasteiger partial charge in [0.15, 0.2) is 12.2 Å². The van der Waals surface area contributed by atoms with Crippen molar-refractivity contribution in [2.75, 3.05) is 55.4 Å². The van der Waals surface area contributed by atoms with Crippen molar-refractivity contribution in [2.24, 2.45) is 0 Å². The normalized spacial score (nSPS) is 13.7. The number of ether oxygens (including phenoxy) is 2. The summed E-state index contributed by atoms with van der Waals surface area (Å²) < 4.78 is 11.6. The molecule has 2 unspecified atom stereocenters. The van der Waals surface area contributed by atoms with E-state index in [1.54, 1.807) is 0 Å². The van der Waals surface area contributed by atoms with Crippen molar-refractivity contribution in [2.45, 2.75) is 76.4 Å². The summed E-state index contributed by atoms with van der Waals surface area (Å²) in [5, 5.41) is 21.8. The van der Waals surface area contributed by atoms with E-state index in [1.807, 2.05) is 42.3 Å². The number of unbranched alkanes of at least 4 members (excludes halogenated alkanes) is 5. The van der Waals surface area contributed by atoms with Crippen LogP contribution in [-0.4, -0.2) is 100 Å². The molecule has 0 rings (SSSR count). The number of nitrogens with zero attached hydrogens (tertiary/aromatic N) is 2. The molecule has 0 aromatic heterocycles. The lowest BCUT2D eigenvalue weighted by Crippen LogP contribution is -2.45. The molecule has 0 heterocycles. The van der Waals surface area contributed by atoms with E-state index < -0.39 is 36.1 Å². The van der Waals surface area contributed by atoms with Gasteiger partial charge in [-0.3, -0.25) is 9.59 Å². The van der Waals surface area contributed by atoms with Crippen molar-refractivity contribution >= 4 is 23.9 Å². The molecule has 2 atom stereocenters. The second kappa shape index (κ2) is 15.7. The molecule has 0 spiro atoms. The van der Waals surface area contributed by atoms with Crippen LogP contribution >= 0.6 is 0 Å². The minimum atomic E-state index is -1.24. The number of esters is 2. The number of carboxylic acids is 2. The molecule has 34 heavy (non-hydrogen) atoms. The molecular weight excluding hydrogens is 444 g/mol. The van der Waals surface area contributed by atoms with Crippen LogP contribution in [0.5, 0.6) is 0 Å². The van der Waals surface area contributed by atoms with Crippen molar-refractivity contribution in [1.82, 2.24) is 0 Å². The van der Waals surface area contributed by atoms with Gasteiger partial charge in [0.2, 0.25) is 0 Å². The Morgan fingerprint density at radius 3 is 1.15 bits per heavy atom. The Morgan fingerprint density at radius 1 is 0.588 bits per heavy atom. The molecule has 0 fully saturated rings. The highest BCUT2D eigenvalue weighted by molar-refractivity contribution is 5.71. The van der Waals surface area contributed by atoms with Gasteiger partial charge in [0.1, 0.15) is 13.1 Å². The number of carboxylic acid groups (broad SMARTS) is 2. The second-order valence-electron chi connectivity index (χ2n) is 10.9. The Labute approximate surface area is 204 Å². The number of quaternary nitrogens is 2. The average Bonchev–Trinajstić information content (AvgIpc) is 2.59. The standard InChI is InChI=1S/C24H44N2O8/c1-25(2,3)17-19(15-21(27)28)33-23(31)13-11-9-7-8-10-12-14-24(32)34-20(16-22(29)30)18-26(4,5)6/h19-20H,7-18H2,1-6H3. The molecule has 10 nitrogen and oxygen atoms in total. The zero-order valence-corrected chi connectivity index (χ0v) is 21.8. The molecule has 0 saturated carbocycles. The monoisotopic (exact) mass is 488 g/mol. The molecule has 0 aromatic carbocycles. The van der Waals surface area contributed by atoms with Crippen molar-refractivity contribution in [3.63, 3.8) is 0 Å². The Bertz CT molecular complexity index is 596.